The molecule has 4 heteroatoms. The summed E-state index contributed by atoms with van der Waals surface area (Å²) in [5, 5.41) is 0.541. The van der Waals surface area contributed by atoms with E-state index in [0.29, 0.717) is 11.2 Å². The second-order valence-electron chi connectivity index (χ2n) is 4.25. The second-order valence-corrected chi connectivity index (χ2v) is 4.64. The predicted molar refractivity (Wildman–Crippen MR) is 60.9 cm³/mol. The van der Waals surface area contributed by atoms with E-state index < -0.39 is 0 Å². The van der Waals surface area contributed by atoms with Crippen LogP contribution in [0.5, 0.6) is 0 Å². The predicted octanol–water partition coefficient (Wildman–Crippen LogP) is 2.42. The Labute approximate surface area is 95.5 Å². The van der Waals surface area contributed by atoms with Crippen molar-refractivity contribution in [3.8, 4) is 0 Å². The van der Waals surface area contributed by atoms with Gasteiger partial charge in [0, 0.05) is 11.7 Å². The quantitative estimate of drug-likeness (QED) is 0.740. The fourth-order valence-corrected chi connectivity index (χ4v) is 2.09. The summed E-state index contributed by atoms with van der Waals surface area (Å²) < 4.78 is 0. The largest absolute Gasteiger partial charge is 0.296 e. The third-order valence-electron chi connectivity index (χ3n) is 2.96. The summed E-state index contributed by atoms with van der Waals surface area (Å²) in [4.78, 5) is 10.9. The smallest absolute Gasteiger partial charge is 0.144 e. The van der Waals surface area contributed by atoms with Crippen LogP contribution in [-0.2, 0) is 6.54 Å². The van der Waals surface area contributed by atoms with Crippen LogP contribution in [0.2, 0.25) is 5.15 Å². The first kappa shape index (κ1) is 10.8. The van der Waals surface area contributed by atoms with E-state index in [1.54, 1.807) is 6.07 Å². The lowest BCUT2D eigenvalue weighted by Gasteiger charge is -2.34. The van der Waals surface area contributed by atoms with E-state index in [2.05, 4.69) is 21.9 Å². The molecule has 1 saturated carbocycles. The van der Waals surface area contributed by atoms with Crippen LogP contribution in [-0.4, -0.2) is 28.0 Å². The Morgan fingerprint density at radius 1 is 1.47 bits per heavy atom. The normalized spacial score (nSPS) is 16.8. The first-order chi connectivity index (χ1) is 7.15. The van der Waals surface area contributed by atoms with Crippen molar-refractivity contribution in [3.05, 3.63) is 22.7 Å². The van der Waals surface area contributed by atoms with Crippen LogP contribution in [0.25, 0.3) is 0 Å². The van der Waals surface area contributed by atoms with Gasteiger partial charge in [0.25, 0.3) is 0 Å². The van der Waals surface area contributed by atoms with Crippen LogP contribution in [0.3, 0.4) is 0 Å². The van der Waals surface area contributed by atoms with Crippen LogP contribution in [0.1, 0.15) is 30.8 Å². The minimum Gasteiger partial charge on any atom is -0.296 e. The van der Waals surface area contributed by atoms with E-state index in [9.17, 15) is 0 Å². The van der Waals surface area contributed by atoms with Crippen LogP contribution >= 0.6 is 11.6 Å². The maximum atomic E-state index is 5.89. The molecule has 0 N–H and O–H groups in total. The molecule has 1 aliphatic carbocycles. The fourth-order valence-electron chi connectivity index (χ4n) is 1.84. The molecular formula is C11H16ClN3. The first-order valence-electron chi connectivity index (χ1n) is 5.35. The number of aryl methyl sites for hydroxylation is 1. The van der Waals surface area contributed by atoms with Gasteiger partial charge in [0.2, 0.25) is 0 Å². The lowest BCUT2D eigenvalue weighted by molar-refractivity contribution is 0.149. The van der Waals surface area contributed by atoms with E-state index in [1.807, 2.05) is 6.92 Å². The van der Waals surface area contributed by atoms with E-state index >= 15 is 0 Å². The van der Waals surface area contributed by atoms with Crippen molar-refractivity contribution < 1.29 is 0 Å². The van der Waals surface area contributed by atoms with Crippen molar-refractivity contribution in [2.75, 3.05) is 7.05 Å². The molecule has 1 aromatic heterocycles. The highest BCUT2D eigenvalue weighted by Gasteiger charge is 2.22. The number of hydrogen-bond donors (Lipinski definition) is 0. The van der Waals surface area contributed by atoms with Gasteiger partial charge >= 0.3 is 0 Å². The molecular weight excluding hydrogens is 210 g/mol. The molecule has 0 aromatic carbocycles. The van der Waals surface area contributed by atoms with Crippen molar-refractivity contribution in [2.24, 2.45) is 0 Å². The average Bonchev–Trinajstić information content (AvgIpc) is 1.96. The van der Waals surface area contributed by atoms with E-state index in [4.69, 9.17) is 11.6 Å². The summed E-state index contributed by atoms with van der Waals surface area (Å²) in [5.74, 6) is 0.828. The monoisotopic (exact) mass is 225 g/mol. The molecule has 0 aliphatic heterocycles. The van der Waals surface area contributed by atoms with Gasteiger partial charge in [-0.05, 0) is 32.9 Å². The number of hydrogen-bond acceptors (Lipinski definition) is 3. The van der Waals surface area contributed by atoms with Crippen LogP contribution in [0.15, 0.2) is 6.07 Å². The Kier molecular flexibility index (Phi) is 3.22. The molecule has 1 heterocycles. The zero-order valence-electron chi connectivity index (χ0n) is 9.20. The summed E-state index contributed by atoms with van der Waals surface area (Å²) in [6.45, 7) is 2.74. The highest BCUT2D eigenvalue weighted by molar-refractivity contribution is 6.29. The molecule has 1 fully saturated rings. The third-order valence-corrected chi connectivity index (χ3v) is 3.15. The maximum Gasteiger partial charge on any atom is 0.144 e. The van der Waals surface area contributed by atoms with Gasteiger partial charge in [0.15, 0.2) is 0 Å². The zero-order valence-corrected chi connectivity index (χ0v) is 9.96. The van der Waals surface area contributed by atoms with Gasteiger partial charge in [-0.1, -0.05) is 18.0 Å². The van der Waals surface area contributed by atoms with Crippen LogP contribution < -0.4 is 0 Å². The molecule has 0 saturated heterocycles. The number of aromatic nitrogens is 2. The number of rotatable bonds is 3. The molecule has 0 radical (unpaired) electrons. The maximum absolute atomic E-state index is 5.89. The molecule has 0 bridgehead atoms. The summed E-state index contributed by atoms with van der Waals surface area (Å²) in [6, 6.07) is 2.50. The second kappa shape index (κ2) is 4.45. The minimum atomic E-state index is 0.541. The summed E-state index contributed by atoms with van der Waals surface area (Å²) in [5.41, 5.74) is 0.937. The first-order valence-corrected chi connectivity index (χ1v) is 5.73. The van der Waals surface area contributed by atoms with E-state index in [-0.39, 0.29) is 0 Å². The summed E-state index contributed by atoms with van der Waals surface area (Å²) in [7, 11) is 2.13. The van der Waals surface area contributed by atoms with Crippen molar-refractivity contribution >= 4 is 11.6 Å². The van der Waals surface area contributed by atoms with E-state index in [1.165, 1.54) is 19.3 Å². The highest BCUT2D eigenvalue weighted by atomic mass is 35.5. The molecule has 15 heavy (non-hydrogen) atoms. The molecule has 0 unspecified atom stereocenters. The van der Waals surface area contributed by atoms with Crippen molar-refractivity contribution in [1.82, 2.24) is 14.9 Å². The van der Waals surface area contributed by atoms with E-state index in [0.717, 1.165) is 18.1 Å². The lowest BCUT2D eigenvalue weighted by Crippen LogP contribution is -2.37. The molecule has 0 atom stereocenters. The minimum absolute atomic E-state index is 0.541. The number of nitrogens with zero attached hydrogens (tertiary/aromatic N) is 3. The number of halogens is 1. The Morgan fingerprint density at radius 3 is 2.73 bits per heavy atom. The van der Waals surface area contributed by atoms with Gasteiger partial charge in [-0.3, -0.25) is 4.90 Å². The lowest BCUT2D eigenvalue weighted by atomic mass is 9.92. The molecule has 0 spiro atoms. The molecule has 1 aromatic rings. The van der Waals surface area contributed by atoms with Crippen molar-refractivity contribution in [2.45, 2.75) is 38.8 Å². The van der Waals surface area contributed by atoms with Gasteiger partial charge in [-0.25, -0.2) is 9.97 Å². The molecule has 0 amide bonds. The van der Waals surface area contributed by atoms with Gasteiger partial charge in [0.1, 0.15) is 11.0 Å². The standard InChI is InChI=1S/C11H16ClN3/c1-8-6-10(12)14-11(13-8)7-15(2)9-4-3-5-9/h6,9H,3-5,7H2,1-2H3. The average molecular weight is 226 g/mol. The zero-order chi connectivity index (χ0) is 10.8. The van der Waals surface area contributed by atoms with Gasteiger partial charge < -0.3 is 0 Å². The van der Waals surface area contributed by atoms with Crippen LogP contribution in [0.4, 0.5) is 0 Å². The molecule has 3 nitrogen and oxygen atoms in total. The molecule has 1 aliphatic rings. The van der Waals surface area contributed by atoms with Crippen LogP contribution in [0, 0.1) is 6.92 Å². The van der Waals surface area contributed by atoms with Gasteiger partial charge in [0.05, 0.1) is 6.54 Å². The Bertz CT molecular complexity index is 329. The van der Waals surface area contributed by atoms with Gasteiger partial charge in [-0.15, -0.1) is 0 Å². The molecule has 82 valence electrons. The SMILES string of the molecule is Cc1cc(Cl)nc(CN(C)C2CCC2)n1. The van der Waals surface area contributed by atoms with Crippen molar-refractivity contribution in [3.63, 3.8) is 0 Å². The molecule has 2 rings (SSSR count). The Balaban J connectivity index is 2.02. The summed E-state index contributed by atoms with van der Waals surface area (Å²) >= 11 is 5.89. The topological polar surface area (TPSA) is 29.0 Å². The third kappa shape index (κ3) is 2.67. The Hall–Kier alpha value is -0.670. The summed E-state index contributed by atoms with van der Waals surface area (Å²) in [6.07, 6.45) is 3.95. The Morgan fingerprint density at radius 2 is 2.20 bits per heavy atom. The highest BCUT2D eigenvalue weighted by Crippen LogP contribution is 2.24. The fraction of sp³-hybridized carbons (Fsp3) is 0.636. The van der Waals surface area contributed by atoms with Crippen molar-refractivity contribution in [1.29, 1.82) is 0 Å². The van der Waals surface area contributed by atoms with Gasteiger partial charge in [-0.2, -0.15) is 0 Å².